The Hall–Kier alpha value is -1.40. The molecule has 1 unspecified atom stereocenters. The van der Waals surface area contributed by atoms with E-state index in [1.165, 1.54) is 13.0 Å². The quantitative estimate of drug-likeness (QED) is 0.351. The molecule has 0 radical (unpaired) electrons. The summed E-state index contributed by atoms with van der Waals surface area (Å²) in [6.45, 7) is 4.41. The fourth-order valence-corrected chi connectivity index (χ4v) is 0.986. The van der Waals surface area contributed by atoms with Crippen LogP contribution in [0.25, 0.3) is 0 Å². The Morgan fingerprint density at radius 3 is 2.21 bits per heavy atom. The molecule has 0 fully saturated rings. The molecule has 6 nitrogen and oxygen atoms in total. The van der Waals surface area contributed by atoms with E-state index >= 15 is 0 Å². The summed E-state index contributed by atoms with van der Waals surface area (Å²) in [5, 5.41) is 9.27. The predicted octanol–water partition coefficient (Wildman–Crippen LogP) is -1.72. The molecule has 0 rings (SSSR count). The third kappa shape index (κ3) is 2.09. The van der Waals surface area contributed by atoms with E-state index in [4.69, 9.17) is 16.2 Å². The second-order valence-corrected chi connectivity index (χ2v) is 2.74. The molecule has 80 valence electrons. The van der Waals surface area contributed by atoms with Crippen LogP contribution in [0.3, 0.4) is 0 Å². The van der Waals surface area contributed by atoms with E-state index in [1.807, 2.05) is 0 Å². The summed E-state index contributed by atoms with van der Waals surface area (Å²) < 4.78 is 4.85. The molecule has 14 heavy (non-hydrogen) atoms. The minimum absolute atomic E-state index is 0.114. The first-order valence-corrected chi connectivity index (χ1v) is 3.92. The van der Waals surface area contributed by atoms with Crippen LogP contribution in [0.15, 0.2) is 12.7 Å². The molecule has 0 aromatic rings. The van der Waals surface area contributed by atoms with E-state index in [0.717, 1.165) is 0 Å². The lowest BCUT2D eigenvalue weighted by atomic mass is 9.96. The summed E-state index contributed by atoms with van der Waals surface area (Å²) in [7, 11) is 0. The average Bonchev–Trinajstić information content (AvgIpc) is 2.03. The normalized spacial score (nSPS) is 13.3. The van der Waals surface area contributed by atoms with Crippen molar-refractivity contribution in [1.29, 1.82) is 0 Å². The molecule has 0 saturated carbocycles. The van der Waals surface area contributed by atoms with Crippen LogP contribution in [0.4, 0.5) is 0 Å². The molecule has 2 amide bonds. The van der Waals surface area contributed by atoms with Crippen LogP contribution < -0.4 is 11.5 Å². The summed E-state index contributed by atoms with van der Waals surface area (Å²) in [5.74, 6) is -2.25. The highest BCUT2D eigenvalue weighted by atomic mass is 16.5. The molecule has 0 saturated heterocycles. The van der Waals surface area contributed by atoms with Crippen molar-refractivity contribution in [2.75, 3.05) is 6.61 Å². The van der Waals surface area contributed by atoms with Crippen molar-refractivity contribution in [3.05, 3.63) is 12.7 Å². The number of amides is 2. The fourth-order valence-electron chi connectivity index (χ4n) is 0.986. The van der Waals surface area contributed by atoms with Crippen molar-refractivity contribution in [2.24, 2.45) is 11.5 Å². The predicted molar refractivity (Wildman–Crippen MR) is 48.9 cm³/mol. The van der Waals surface area contributed by atoms with Crippen molar-refractivity contribution in [1.82, 2.24) is 0 Å². The highest BCUT2D eigenvalue weighted by Crippen LogP contribution is 2.15. The fraction of sp³-hybridized carbons (Fsp3) is 0.500. The third-order valence-electron chi connectivity index (χ3n) is 1.75. The van der Waals surface area contributed by atoms with Crippen LogP contribution in [0.1, 0.15) is 6.92 Å². The first-order chi connectivity index (χ1) is 6.39. The van der Waals surface area contributed by atoms with Crippen LogP contribution in [0.2, 0.25) is 0 Å². The second-order valence-electron chi connectivity index (χ2n) is 2.74. The summed E-state index contributed by atoms with van der Waals surface area (Å²) >= 11 is 0. The van der Waals surface area contributed by atoms with Crippen molar-refractivity contribution in [3.63, 3.8) is 0 Å². The maximum Gasteiger partial charge on any atom is 0.262 e. The summed E-state index contributed by atoms with van der Waals surface area (Å²) in [5.41, 5.74) is 7.72. The second kappa shape index (κ2) is 4.73. The van der Waals surface area contributed by atoms with Gasteiger partial charge >= 0.3 is 0 Å². The minimum Gasteiger partial charge on any atom is -0.389 e. The van der Waals surface area contributed by atoms with Gasteiger partial charge in [-0.25, -0.2) is 0 Å². The summed E-state index contributed by atoms with van der Waals surface area (Å²) in [6, 6.07) is 0. The highest BCUT2D eigenvalue weighted by molar-refractivity contribution is 6.08. The number of nitrogens with two attached hydrogens (primary N) is 2. The van der Waals surface area contributed by atoms with Gasteiger partial charge in [0.1, 0.15) is 0 Å². The zero-order valence-corrected chi connectivity index (χ0v) is 7.90. The Bertz CT molecular complexity index is 236. The number of rotatable bonds is 6. The molecular weight excluding hydrogens is 188 g/mol. The molecule has 1 atom stereocenters. The van der Waals surface area contributed by atoms with Gasteiger partial charge in [-0.05, 0) is 6.92 Å². The smallest absolute Gasteiger partial charge is 0.262 e. The molecule has 0 aromatic heterocycles. The number of hydrogen-bond donors (Lipinski definition) is 3. The van der Waals surface area contributed by atoms with Crippen LogP contribution in [-0.4, -0.2) is 35.2 Å². The van der Waals surface area contributed by atoms with Gasteiger partial charge in [0.05, 0.1) is 12.7 Å². The molecule has 0 heterocycles. The van der Waals surface area contributed by atoms with Gasteiger partial charge in [-0.15, -0.1) is 6.58 Å². The number of aliphatic hydroxyl groups is 1. The first-order valence-electron chi connectivity index (χ1n) is 3.92. The zero-order valence-electron chi connectivity index (χ0n) is 7.90. The number of primary amides is 2. The van der Waals surface area contributed by atoms with Crippen molar-refractivity contribution >= 4 is 11.8 Å². The molecule has 0 aliphatic carbocycles. The number of hydrogen-bond acceptors (Lipinski definition) is 4. The Labute approximate surface area is 81.5 Å². The van der Waals surface area contributed by atoms with Crippen LogP contribution >= 0.6 is 0 Å². The van der Waals surface area contributed by atoms with Gasteiger partial charge in [0.2, 0.25) is 5.60 Å². The number of carbonyl (C=O) groups is 2. The van der Waals surface area contributed by atoms with Gasteiger partial charge in [0, 0.05) is 0 Å². The Kier molecular flexibility index (Phi) is 4.26. The molecule has 5 N–H and O–H groups in total. The molecule has 6 heteroatoms. The van der Waals surface area contributed by atoms with Gasteiger partial charge in [-0.2, -0.15) is 0 Å². The van der Waals surface area contributed by atoms with Crippen molar-refractivity contribution < 1.29 is 19.4 Å². The van der Waals surface area contributed by atoms with Crippen LogP contribution in [0.5, 0.6) is 0 Å². The van der Waals surface area contributed by atoms with E-state index in [-0.39, 0.29) is 6.61 Å². The average molecular weight is 202 g/mol. The minimum atomic E-state index is -2.19. The number of carbonyl (C=O) groups excluding carboxylic acids is 2. The molecule has 0 spiro atoms. The monoisotopic (exact) mass is 202 g/mol. The number of ether oxygens (including phenoxy) is 1. The van der Waals surface area contributed by atoms with Crippen molar-refractivity contribution in [2.45, 2.75) is 18.6 Å². The van der Waals surface area contributed by atoms with E-state index in [1.54, 1.807) is 0 Å². The standard InChI is InChI=1S/C8H14N2O4/c1-3-4-14-8(5(2)11,6(9)12)7(10)13/h3,5,11H,1,4H2,2H3,(H2,9,12)(H2,10,13). The summed E-state index contributed by atoms with van der Waals surface area (Å²) in [4.78, 5) is 22.0. The zero-order chi connectivity index (χ0) is 11.4. The Morgan fingerprint density at radius 1 is 1.57 bits per heavy atom. The van der Waals surface area contributed by atoms with E-state index in [0.29, 0.717) is 0 Å². The maximum atomic E-state index is 11.0. The topological polar surface area (TPSA) is 116 Å². The lowest BCUT2D eigenvalue weighted by Crippen LogP contribution is -2.62. The lowest BCUT2D eigenvalue weighted by Gasteiger charge is -2.29. The third-order valence-corrected chi connectivity index (χ3v) is 1.75. The lowest BCUT2D eigenvalue weighted by molar-refractivity contribution is -0.168. The Morgan fingerprint density at radius 2 is 2.00 bits per heavy atom. The van der Waals surface area contributed by atoms with Crippen LogP contribution in [0, 0.1) is 0 Å². The summed E-state index contributed by atoms with van der Waals surface area (Å²) in [6.07, 6.45) is -0.110. The first kappa shape index (κ1) is 12.6. The van der Waals surface area contributed by atoms with Crippen LogP contribution in [-0.2, 0) is 14.3 Å². The SMILES string of the molecule is C=CCOC(C(N)=O)(C(N)=O)C(C)O. The van der Waals surface area contributed by atoms with Crippen molar-refractivity contribution in [3.8, 4) is 0 Å². The highest BCUT2D eigenvalue weighted by Gasteiger charge is 2.48. The molecule has 0 aliphatic heterocycles. The van der Waals surface area contributed by atoms with Gasteiger partial charge in [-0.3, -0.25) is 9.59 Å². The molecule has 0 bridgehead atoms. The van der Waals surface area contributed by atoms with Gasteiger partial charge in [-0.1, -0.05) is 6.08 Å². The van der Waals surface area contributed by atoms with E-state index in [9.17, 15) is 14.7 Å². The van der Waals surface area contributed by atoms with Gasteiger partial charge in [0.25, 0.3) is 11.8 Å². The van der Waals surface area contributed by atoms with Gasteiger partial charge in [0.15, 0.2) is 0 Å². The van der Waals surface area contributed by atoms with E-state index < -0.39 is 23.5 Å². The molecule has 0 aromatic carbocycles. The van der Waals surface area contributed by atoms with Gasteiger partial charge < -0.3 is 21.3 Å². The molecule has 0 aliphatic rings. The Balaban J connectivity index is 5.05. The largest absolute Gasteiger partial charge is 0.389 e. The number of aliphatic hydroxyl groups excluding tert-OH is 1. The molecular formula is C8H14N2O4. The van der Waals surface area contributed by atoms with E-state index in [2.05, 4.69) is 6.58 Å². The maximum absolute atomic E-state index is 11.0.